The van der Waals surface area contributed by atoms with Crippen molar-refractivity contribution in [2.75, 3.05) is 19.6 Å². The number of benzene rings is 1. The second-order valence-electron chi connectivity index (χ2n) is 6.31. The number of carbonyl (C=O) groups excluding carboxylic acids is 1. The first-order valence-corrected chi connectivity index (χ1v) is 7.53. The van der Waals surface area contributed by atoms with Gasteiger partial charge in [0.2, 0.25) is 5.91 Å². The Morgan fingerprint density at radius 3 is 2.90 bits per heavy atom. The summed E-state index contributed by atoms with van der Waals surface area (Å²) in [4.78, 5) is 14.5. The number of piperazine rings is 1. The number of halogens is 1. The number of amides is 1. The van der Waals surface area contributed by atoms with Gasteiger partial charge in [0.1, 0.15) is 0 Å². The van der Waals surface area contributed by atoms with Gasteiger partial charge < -0.3 is 10.2 Å². The van der Waals surface area contributed by atoms with Crippen molar-refractivity contribution in [3.05, 3.63) is 34.9 Å². The zero-order valence-electron chi connectivity index (χ0n) is 12.4. The van der Waals surface area contributed by atoms with Gasteiger partial charge in [-0.25, -0.2) is 0 Å². The van der Waals surface area contributed by atoms with Gasteiger partial charge >= 0.3 is 0 Å². The highest BCUT2D eigenvalue weighted by atomic mass is 35.5. The molecule has 1 aliphatic heterocycles. The van der Waals surface area contributed by atoms with E-state index < -0.39 is 0 Å². The van der Waals surface area contributed by atoms with Crippen LogP contribution in [0.1, 0.15) is 26.3 Å². The molecule has 0 radical (unpaired) electrons. The second-order valence-corrected chi connectivity index (χ2v) is 6.74. The fourth-order valence-electron chi connectivity index (χ4n) is 2.75. The highest BCUT2D eigenvalue weighted by molar-refractivity contribution is 6.30. The van der Waals surface area contributed by atoms with Gasteiger partial charge in [0, 0.05) is 36.1 Å². The normalized spacial score (nSPS) is 19.7. The number of rotatable bonds is 3. The van der Waals surface area contributed by atoms with Crippen molar-refractivity contribution < 1.29 is 4.79 Å². The molecule has 0 bridgehead atoms. The third-order valence-electron chi connectivity index (χ3n) is 3.74. The molecule has 0 saturated carbocycles. The van der Waals surface area contributed by atoms with Crippen molar-refractivity contribution in [1.29, 1.82) is 0 Å². The van der Waals surface area contributed by atoms with Crippen molar-refractivity contribution in [2.24, 2.45) is 5.92 Å². The van der Waals surface area contributed by atoms with Gasteiger partial charge in [0.25, 0.3) is 0 Å². The van der Waals surface area contributed by atoms with Crippen LogP contribution >= 0.6 is 11.6 Å². The fourth-order valence-corrected chi connectivity index (χ4v) is 2.96. The molecule has 110 valence electrons. The molecule has 1 N–H and O–H groups in total. The lowest BCUT2D eigenvalue weighted by atomic mass is 9.97. The summed E-state index contributed by atoms with van der Waals surface area (Å²) in [5, 5.41) is 4.16. The molecule has 1 fully saturated rings. The molecule has 1 aromatic carbocycles. The summed E-state index contributed by atoms with van der Waals surface area (Å²) < 4.78 is 0. The highest BCUT2D eigenvalue weighted by Crippen LogP contribution is 2.18. The summed E-state index contributed by atoms with van der Waals surface area (Å²) in [5.74, 6) is 0.224. The Kier molecular flexibility index (Phi) is 4.71. The van der Waals surface area contributed by atoms with E-state index in [2.05, 4.69) is 19.2 Å². The van der Waals surface area contributed by atoms with E-state index in [-0.39, 0.29) is 17.4 Å². The lowest BCUT2D eigenvalue weighted by molar-refractivity contribution is -0.137. The van der Waals surface area contributed by atoms with Crippen LogP contribution in [0.25, 0.3) is 0 Å². The molecule has 0 aliphatic carbocycles. The van der Waals surface area contributed by atoms with Crippen LogP contribution in [0.4, 0.5) is 0 Å². The summed E-state index contributed by atoms with van der Waals surface area (Å²) in [6, 6.07) is 7.75. The molecule has 0 spiro atoms. The Hall–Kier alpha value is -1.06. The van der Waals surface area contributed by atoms with Gasteiger partial charge in [-0.1, -0.05) is 30.7 Å². The van der Waals surface area contributed by atoms with Crippen LogP contribution in [0.2, 0.25) is 5.02 Å². The molecule has 4 heteroatoms. The molecular formula is C16H23ClN2O. The monoisotopic (exact) mass is 294 g/mol. The van der Waals surface area contributed by atoms with E-state index >= 15 is 0 Å². The van der Waals surface area contributed by atoms with Crippen molar-refractivity contribution >= 4 is 17.5 Å². The van der Waals surface area contributed by atoms with Gasteiger partial charge in [-0.15, -0.1) is 0 Å². The Morgan fingerprint density at radius 2 is 2.25 bits per heavy atom. The van der Waals surface area contributed by atoms with Crippen LogP contribution in [-0.2, 0) is 11.2 Å². The molecule has 3 nitrogen and oxygen atoms in total. The third kappa shape index (κ3) is 3.97. The predicted molar refractivity (Wildman–Crippen MR) is 83.0 cm³/mol. The van der Waals surface area contributed by atoms with Crippen LogP contribution in [0.15, 0.2) is 24.3 Å². The Balaban J connectivity index is 1.98. The van der Waals surface area contributed by atoms with E-state index in [1.165, 1.54) is 0 Å². The van der Waals surface area contributed by atoms with Crippen molar-refractivity contribution in [3.63, 3.8) is 0 Å². The van der Waals surface area contributed by atoms with E-state index in [4.69, 9.17) is 11.6 Å². The number of carbonyl (C=O) groups is 1. The average molecular weight is 295 g/mol. The van der Waals surface area contributed by atoms with Crippen LogP contribution in [0, 0.1) is 5.92 Å². The van der Waals surface area contributed by atoms with Gasteiger partial charge in [0.15, 0.2) is 0 Å². The minimum atomic E-state index is -0.0117. The second kappa shape index (κ2) is 6.15. The quantitative estimate of drug-likeness (QED) is 0.930. The molecule has 1 aliphatic rings. The van der Waals surface area contributed by atoms with Crippen LogP contribution in [0.3, 0.4) is 0 Å². The van der Waals surface area contributed by atoms with Gasteiger partial charge in [-0.2, -0.15) is 0 Å². The van der Waals surface area contributed by atoms with E-state index in [1.54, 1.807) is 0 Å². The molecule has 1 saturated heterocycles. The van der Waals surface area contributed by atoms with Gasteiger partial charge in [-0.05, 0) is 38.0 Å². The van der Waals surface area contributed by atoms with Gasteiger partial charge in [-0.3, -0.25) is 4.79 Å². The Bertz CT molecular complexity index is 487. The maximum Gasteiger partial charge on any atom is 0.225 e. The molecule has 1 amide bonds. The standard InChI is InChI=1S/C16H23ClN2O/c1-12(9-13-5-4-6-14(17)10-13)15(20)19-8-7-18-16(2,3)11-19/h4-6,10,12,18H,7-9,11H2,1-3H3. The first-order valence-electron chi connectivity index (χ1n) is 7.16. The highest BCUT2D eigenvalue weighted by Gasteiger charge is 2.30. The Labute approximate surface area is 126 Å². The first kappa shape index (κ1) is 15.3. The largest absolute Gasteiger partial charge is 0.339 e. The lowest BCUT2D eigenvalue weighted by Crippen LogP contribution is -2.59. The smallest absolute Gasteiger partial charge is 0.225 e. The SMILES string of the molecule is CC(Cc1cccc(Cl)c1)C(=O)N1CCNC(C)(C)C1. The number of nitrogens with zero attached hydrogens (tertiary/aromatic N) is 1. The summed E-state index contributed by atoms with van der Waals surface area (Å²) in [5.41, 5.74) is 1.12. The average Bonchev–Trinajstić information content (AvgIpc) is 2.36. The molecular weight excluding hydrogens is 272 g/mol. The van der Waals surface area contributed by atoms with Crippen molar-refractivity contribution in [3.8, 4) is 0 Å². The fraction of sp³-hybridized carbons (Fsp3) is 0.562. The van der Waals surface area contributed by atoms with Crippen molar-refractivity contribution in [1.82, 2.24) is 10.2 Å². The van der Waals surface area contributed by atoms with E-state index in [1.807, 2.05) is 36.1 Å². The number of hydrogen-bond acceptors (Lipinski definition) is 2. The summed E-state index contributed by atoms with van der Waals surface area (Å²) in [7, 11) is 0. The minimum Gasteiger partial charge on any atom is -0.339 e. The van der Waals surface area contributed by atoms with Crippen LogP contribution in [-0.4, -0.2) is 36.0 Å². The number of hydrogen-bond donors (Lipinski definition) is 1. The van der Waals surface area contributed by atoms with Crippen LogP contribution in [0.5, 0.6) is 0 Å². The zero-order valence-corrected chi connectivity index (χ0v) is 13.2. The topological polar surface area (TPSA) is 32.3 Å². The number of nitrogens with one attached hydrogen (secondary N) is 1. The summed E-state index contributed by atoms with van der Waals surface area (Å²) >= 11 is 5.99. The van der Waals surface area contributed by atoms with Crippen molar-refractivity contribution in [2.45, 2.75) is 32.7 Å². The summed E-state index contributed by atoms with van der Waals surface area (Å²) in [6.07, 6.45) is 0.740. The Morgan fingerprint density at radius 1 is 1.50 bits per heavy atom. The maximum absolute atomic E-state index is 12.5. The molecule has 1 aromatic rings. The lowest BCUT2D eigenvalue weighted by Gasteiger charge is -2.40. The van der Waals surface area contributed by atoms with E-state index in [0.717, 1.165) is 36.6 Å². The molecule has 1 atom stereocenters. The predicted octanol–water partition coefficient (Wildman–Crippen LogP) is 2.73. The third-order valence-corrected chi connectivity index (χ3v) is 3.97. The summed E-state index contributed by atoms with van der Waals surface area (Å²) in [6.45, 7) is 8.69. The minimum absolute atomic E-state index is 0.00366. The van der Waals surface area contributed by atoms with Gasteiger partial charge in [0.05, 0.1) is 0 Å². The molecule has 1 unspecified atom stereocenters. The maximum atomic E-state index is 12.5. The molecule has 0 aromatic heterocycles. The molecule has 1 heterocycles. The van der Waals surface area contributed by atoms with Crippen LogP contribution < -0.4 is 5.32 Å². The van der Waals surface area contributed by atoms with E-state index in [9.17, 15) is 4.79 Å². The first-order chi connectivity index (χ1) is 9.37. The molecule has 20 heavy (non-hydrogen) atoms. The zero-order chi connectivity index (χ0) is 14.8. The van der Waals surface area contributed by atoms with E-state index in [0.29, 0.717) is 0 Å². The molecule has 2 rings (SSSR count).